The number of nitrogens with zero attached hydrogens (tertiary/aromatic N) is 2. The molecule has 1 unspecified atom stereocenters. The first kappa shape index (κ1) is 14.3. The molecule has 0 aromatic heterocycles. The second-order valence-corrected chi connectivity index (χ2v) is 7.68. The topological polar surface area (TPSA) is 6.48 Å². The van der Waals surface area contributed by atoms with E-state index in [-0.39, 0.29) is 0 Å². The highest BCUT2D eigenvalue weighted by atomic mass is 79.9. The van der Waals surface area contributed by atoms with Crippen molar-refractivity contribution in [1.29, 1.82) is 0 Å². The van der Waals surface area contributed by atoms with Crippen molar-refractivity contribution in [3.63, 3.8) is 0 Å². The van der Waals surface area contributed by atoms with Crippen molar-refractivity contribution in [3.05, 3.63) is 0 Å². The van der Waals surface area contributed by atoms with Gasteiger partial charge in [0.25, 0.3) is 0 Å². The molecule has 0 radical (unpaired) electrons. The van der Waals surface area contributed by atoms with E-state index >= 15 is 0 Å². The van der Waals surface area contributed by atoms with Crippen LogP contribution in [-0.2, 0) is 0 Å². The van der Waals surface area contributed by atoms with Gasteiger partial charge in [-0.15, -0.1) is 0 Å². The zero-order chi connectivity index (χ0) is 13.1. The number of hydrogen-bond acceptors (Lipinski definition) is 2. The summed E-state index contributed by atoms with van der Waals surface area (Å²) in [7, 11) is 0. The van der Waals surface area contributed by atoms with Crippen molar-refractivity contribution in [3.8, 4) is 0 Å². The Bertz CT molecular complexity index is 286. The normalized spacial score (nSPS) is 33.0. The zero-order valence-corrected chi connectivity index (χ0v) is 13.8. The largest absolute Gasteiger partial charge is 0.300 e. The van der Waals surface area contributed by atoms with Crippen molar-refractivity contribution >= 4 is 15.9 Å². The molecular formula is C16H29BrN2. The standard InChI is InChI=1S/C16H29BrN2/c17-13-16(7-3-1-2-4-8-16)14-18-10-11-19-9-5-6-15(19)12-18/h15H,1-14H2. The number of alkyl halides is 1. The minimum absolute atomic E-state index is 0.581. The Morgan fingerprint density at radius 2 is 1.74 bits per heavy atom. The molecule has 110 valence electrons. The minimum Gasteiger partial charge on any atom is -0.300 e. The lowest BCUT2D eigenvalue weighted by molar-refractivity contribution is 0.0659. The molecule has 0 aromatic carbocycles. The number of piperazine rings is 1. The molecule has 0 N–H and O–H groups in total. The van der Waals surface area contributed by atoms with Gasteiger partial charge in [-0.25, -0.2) is 0 Å². The molecule has 0 spiro atoms. The highest BCUT2D eigenvalue weighted by Crippen LogP contribution is 2.38. The predicted octanol–water partition coefficient (Wildman–Crippen LogP) is 3.50. The number of rotatable bonds is 3. The van der Waals surface area contributed by atoms with Crippen LogP contribution in [0, 0.1) is 5.41 Å². The smallest absolute Gasteiger partial charge is 0.0224 e. The van der Waals surface area contributed by atoms with Crippen LogP contribution >= 0.6 is 15.9 Å². The van der Waals surface area contributed by atoms with Crippen LogP contribution < -0.4 is 0 Å². The van der Waals surface area contributed by atoms with Gasteiger partial charge in [0.05, 0.1) is 0 Å². The first-order chi connectivity index (χ1) is 9.31. The van der Waals surface area contributed by atoms with Crippen LogP contribution in [0.25, 0.3) is 0 Å². The summed E-state index contributed by atoms with van der Waals surface area (Å²) in [5.41, 5.74) is 0.581. The molecule has 2 heterocycles. The average molecular weight is 329 g/mol. The van der Waals surface area contributed by atoms with Crippen LogP contribution in [0.5, 0.6) is 0 Å². The lowest BCUT2D eigenvalue weighted by atomic mass is 9.81. The van der Waals surface area contributed by atoms with E-state index in [0.29, 0.717) is 5.41 Å². The Balaban J connectivity index is 1.59. The van der Waals surface area contributed by atoms with Crippen LogP contribution in [-0.4, -0.2) is 53.9 Å². The van der Waals surface area contributed by atoms with Gasteiger partial charge >= 0.3 is 0 Å². The molecule has 3 fully saturated rings. The van der Waals surface area contributed by atoms with Crippen molar-refractivity contribution in [2.75, 3.05) is 38.1 Å². The van der Waals surface area contributed by atoms with E-state index in [0.717, 1.165) is 6.04 Å². The molecule has 3 rings (SSSR count). The summed E-state index contributed by atoms with van der Waals surface area (Å²) in [6.45, 7) is 6.69. The number of hydrogen-bond donors (Lipinski definition) is 0. The van der Waals surface area contributed by atoms with E-state index in [1.807, 2.05) is 0 Å². The Hall–Kier alpha value is 0.400. The van der Waals surface area contributed by atoms with Gasteiger partial charge in [-0.2, -0.15) is 0 Å². The molecule has 2 aliphatic heterocycles. The maximum atomic E-state index is 3.85. The molecule has 0 bridgehead atoms. The molecule has 3 aliphatic rings. The maximum Gasteiger partial charge on any atom is 0.0224 e. The van der Waals surface area contributed by atoms with Gasteiger partial charge in [-0.1, -0.05) is 41.6 Å². The fourth-order valence-electron chi connectivity index (χ4n) is 4.49. The first-order valence-electron chi connectivity index (χ1n) is 8.34. The maximum absolute atomic E-state index is 3.85. The summed E-state index contributed by atoms with van der Waals surface area (Å²) in [4.78, 5) is 5.52. The van der Waals surface area contributed by atoms with Gasteiger partial charge in [0.2, 0.25) is 0 Å². The highest BCUT2D eigenvalue weighted by molar-refractivity contribution is 9.09. The van der Waals surface area contributed by atoms with Gasteiger partial charge in [-0.05, 0) is 37.6 Å². The summed E-state index contributed by atoms with van der Waals surface area (Å²) >= 11 is 3.85. The van der Waals surface area contributed by atoms with E-state index in [1.165, 1.54) is 89.4 Å². The molecule has 1 aliphatic carbocycles. The summed E-state index contributed by atoms with van der Waals surface area (Å²) in [5.74, 6) is 0. The molecule has 0 amide bonds. The Kier molecular flexibility index (Phi) is 4.86. The molecule has 2 nitrogen and oxygen atoms in total. The van der Waals surface area contributed by atoms with Crippen LogP contribution in [0.4, 0.5) is 0 Å². The van der Waals surface area contributed by atoms with Crippen molar-refractivity contribution in [1.82, 2.24) is 9.80 Å². The minimum atomic E-state index is 0.581. The molecule has 1 atom stereocenters. The van der Waals surface area contributed by atoms with Crippen molar-refractivity contribution < 1.29 is 0 Å². The Morgan fingerprint density at radius 1 is 0.947 bits per heavy atom. The highest BCUT2D eigenvalue weighted by Gasteiger charge is 2.36. The lowest BCUT2D eigenvalue weighted by Crippen LogP contribution is -2.53. The van der Waals surface area contributed by atoms with Crippen LogP contribution in [0.1, 0.15) is 51.4 Å². The molecule has 19 heavy (non-hydrogen) atoms. The monoisotopic (exact) mass is 328 g/mol. The summed E-state index contributed by atoms with van der Waals surface area (Å²) in [6.07, 6.45) is 11.6. The van der Waals surface area contributed by atoms with E-state index in [1.54, 1.807) is 0 Å². The average Bonchev–Trinajstić information content (AvgIpc) is 2.77. The van der Waals surface area contributed by atoms with Gasteiger partial charge in [-0.3, -0.25) is 9.80 Å². The summed E-state index contributed by atoms with van der Waals surface area (Å²) in [6, 6.07) is 0.881. The summed E-state index contributed by atoms with van der Waals surface area (Å²) in [5, 5.41) is 1.21. The Labute approximate surface area is 127 Å². The second-order valence-electron chi connectivity index (χ2n) is 7.11. The molecule has 1 saturated carbocycles. The molecule has 0 aromatic rings. The van der Waals surface area contributed by atoms with Gasteiger partial charge in [0.15, 0.2) is 0 Å². The first-order valence-corrected chi connectivity index (χ1v) is 9.46. The van der Waals surface area contributed by atoms with E-state index in [4.69, 9.17) is 0 Å². The second kappa shape index (κ2) is 6.44. The van der Waals surface area contributed by atoms with Crippen LogP contribution in [0.2, 0.25) is 0 Å². The lowest BCUT2D eigenvalue weighted by Gasteiger charge is -2.43. The van der Waals surface area contributed by atoms with Crippen LogP contribution in [0.3, 0.4) is 0 Å². The third kappa shape index (κ3) is 3.36. The molecule has 2 saturated heterocycles. The van der Waals surface area contributed by atoms with Gasteiger partial charge in [0, 0.05) is 37.6 Å². The Morgan fingerprint density at radius 3 is 2.47 bits per heavy atom. The SMILES string of the molecule is BrCC1(CN2CCN3CCCC3C2)CCCCCC1. The number of fused-ring (bicyclic) bond motifs is 1. The van der Waals surface area contributed by atoms with E-state index in [9.17, 15) is 0 Å². The van der Waals surface area contributed by atoms with Gasteiger partial charge < -0.3 is 0 Å². The quantitative estimate of drug-likeness (QED) is 0.578. The van der Waals surface area contributed by atoms with Gasteiger partial charge in [0.1, 0.15) is 0 Å². The summed E-state index contributed by atoms with van der Waals surface area (Å²) < 4.78 is 0. The predicted molar refractivity (Wildman–Crippen MR) is 85.0 cm³/mol. The van der Waals surface area contributed by atoms with E-state index < -0.39 is 0 Å². The fraction of sp³-hybridized carbons (Fsp3) is 1.00. The van der Waals surface area contributed by atoms with E-state index in [2.05, 4.69) is 25.7 Å². The third-order valence-electron chi connectivity index (χ3n) is 5.68. The fourth-order valence-corrected chi connectivity index (χ4v) is 5.22. The van der Waals surface area contributed by atoms with Crippen LogP contribution in [0.15, 0.2) is 0 Å². The third-order valence-corrected chi connectivity index (χ3v) is 6.87. The number of halogens is 1. The molecular weight excluding hydrogens is 300 g/mol. The van der Waals surface area contributed by atoms with Crippen molar-refractivity contribution in [2.45, 2.75) is 57.4 Å². The molecule has 3 heteroatoms. The zero-order valence-electron chi connectivity index (χ0n) is 12.2. The van der Waals surface area contributed by atoms with Crippen molar-refractivity contribution in [2.24, 2.45) is 5.41 Å².